The average molecular weight is 258 g/mol. The van der Waals surface area contributed by atoms with Gasteiger partial charge in [-0.25, -0.2) is 4.98 Å². The smallest absolute Gasteiger partial charge is 0.249 e. The Labute approximate surface area is 110 Å². The minimum atomic E-state index is -0.151. The van der Waals surface area contributed by atoms with E-state index >= 15 is 0 Å². The standard InChI is InChI=1S/C14H14N2OS/c1-3-4-13(17)16-14-15-12(9-18-14)11-7-5-10(2)6-8-11/h3-9H,1-2H3,(H,15,16,17). The summed E-state index contributed by atoms with van der Waals surface area (Å²) in [5, 5.41) is 5.29. The van der Waals surface area contributed by atoms with E-state index < -0.39 is 0 Å². The average Bonchev–Trinajstić information content (AvgIpc) is 2.78. The summed E-state index contributed by atoms with van der Waals surface area (Å²) in [7, 11) is 0. The Morgan fingerprint density at radius 3 is 2.72 bits per heavy atom. The molecule has 1 aromatic heterocycles. The summed E-state index contributed by atoms with van der Waals surface area (Å²) < 4.78 is 0. The lowest BCUT2D eigenvalue weighted by molar-refractivity contribution is -0.111. The van der Waals surface area contributed by atoms with Crippen molar-refractivity contribution in [3.05, 3.63) is 47.4 Å². The second kappa shape index (κ2) is 5.60. The Morgan fingerprint density at radius 2 is 2.06 bits per heavy atom. The van der Waals surface area contributed by atoms with Crippen molar-refractivity contribution in [3.63, 3.8) is 0 Å². The highest BCUT2D eigenvalue weighted by atomic mass is 32.1. The topological polar surface area (TPSA) is 42.0 Å². The molecule has 0 aliphatic carbocycles. The van der Waals surface area contributed by atoms with Crippen LogP contribution in [-0.4, -0.2) is 10.9 Å². The summed E-state index contributed by atoms with van der Waals surface area (Å²) in [5.74, 6) is -0.151. The lowest BCUT2D eigenvalue weighted by Crippen LogP contribution is -2.07. The molecule has 1 N–H and O–H groups in total. The van der Waals surface area contributed by atoms with E-state index in [4.69, 9.17) is 0 Å². The van der Waals surface area contributed by atoms with E-state index in [2.05, 4.69) is 10.3 Å². The van der Waals surface area contributed by atoms with Crippen molar-refractivity contribution in [1.29, 1.82) is 0 Å². The number of carbonyl (C=O) groups is 1. The van der Waals surface area contributed by atoms with Crippen LogP contribution in [0.4, 0.5) is 5.13 Å². The van der Waals surface area contributed by atoms with Crippen molar-refractivity contribution < 1.29 is 4.79 Å². The van der Waals surface area contributed by atoms with Gasteiger partial charge in [-0.3, -0.25) is 10.1 Å². The Balaban J connectivity index is 2.15. The van der Waals surface area contributed by atoms with Gasteiger partial charge in [0, 0.05) is 10.9 Å². The quantitative estimate of drug-likeness (QED) is 0.854. The minimum Gasteiger partial charge on any atom is -0.298 e. The van der Waals surface area contributed by atoms with Gasteiger partial charge >= 0.3 is 0 Å². The van der Waals surface area contributed by atoms with Gasteiger partial charge in [-0.2, -0.15) is 0 Å². The first kappa shape index (κ1) is 12.5. The van der Waals surface area contributed by atoms with Gasteiger partial charge in [0.15, 0.2) is 5.13 Å². The number of anilines is 1. The zero-order valence-electron chi connectivity index (χ0n) is 10.3. The monoisotopic (exact) mass is 258 g/mol. The molecule has 0 bridgehead atoms. The van der Waals surface area contributed by atoms with E-state index in [0.29, 0.717) is 5.13 Å². The molecule has 0 spiro atoms. The fourth-order valence-corrected chi connectivity index (χ4v) is 2.21. The highest BCUT2D eigenvalue weighted by molar-refractivity contribution is 7.14. The maximum atomic E-state index is 11.4. The number of hydrogen-bond acceptors (Lipinski definition) is 3. The summed E-state index contributed by atoms with van der Waals surface area (Å²) in [5.41, 5.74) is 3.16. The van der Waals surface area contributed by atoms with Gasteiger partial charge in [-0.05, 0) is 19.9 Å². The summed E-state index contributed by atoms with van der Waals surface area (Å²) in [4.78, 5) is 15.8. The highest BCUT2D eigenvalue weighted by Crippen LogP contribution is 2.24. The molecule has 92 valence electrons. The number of allylic oxidation sites excluding steroid dienone is 1. The number of amides is 1. The predicted octanol–water partition coefficient (Wildman–Crippen LogP) is 3.63. The highest BCUT2D eigenvalue weighted by Gasteiger charge is 2.05. The third-order valence-corrected chi connectivity index (χ3v) is 3.16. The Morgan fingerprint density at radius 1 is 1.33 bits per heavy atom. The van der Waals surface area contributed by atoms with Gasteiger partial charge in [0.05, 0.1) is 5.69 Å². The lowest BCUT2D eigenvalue weighted by Gasteiger charge is -1.97. The summed E-state index contributed by atoms with van der Waals surface area (Å²) in [6.45, 7) is 3.85. The summed E-state index contributed by atoms with van der Waals surface area (Å²) >= 11 is 1.43. The van der Waals surface area contributed by atoms with Crippen LogP contribution in [0.1, 0.15) is 12.5 Å². The van der Waals surface area contributed by atoms with Gasteiger partial charge in [-0.15, -0.1) is 11.3 Å². The van der Waals surface area contributed by atoms with Crippen molar-refractivity contribution in [2.75, 3.05) is 5.32 Å². The summed E-state index contributed by atoms with van der Waals surface area (Å²) in [6, 6.07) is 8.16. The Hall–Kier alpha value is -1.94. The fraction of sp³-hybridized carbons (Fsp3) is 0.143. The molecule has 0 aliphatic rings. The molecule has 1 aromatic carbocycles. The first-order valence-electron chi connectivity index (χ1n) is 5.65. The third-order valence-electron chi connectivity index (χ3n) is 2.40. The van der Waals surface area contributed by atoms with Crippen LogP contribution in [0.3, 0.4) is 0 Å². The van der Waals surface area contributed by atoms with E-state index in [1.807, 2.05) is 36.6 Å². The van der Waals surface area contributed by atoms with Crippen LogP contribution in [0, 0.1) is 6.92 Å². The second-order valence-electron chi connectivity index (χ2n) is 3.89. The van der Waals surface area contributed by atoms with Crippen molar-refractivity contribution >= 4 is 22.4 Å². The number of thiazole rings is 1. The van der Waals surface area contributed by atoms with Gasteiger partial charge in [0.2, 0.25) is 5.91 Å². The van der Waals surface area contributed by atoms with Crippen LogP contribution in [0.25, 0.3) is 11.3 Å². The number of benzene rings is 1. The van der Waals surface area contributed by atoms with Gasteiger partial charge in [0.25, 0.3) is 0 Å². The number of aromatic nitrogens is 1. The van der Waals surface area contributed by atoms with Crippen LogP contribution < -0.4 is 5.32 Å². The largest absolute Gasteiger partial charge is 0.298 e. The number of carbonyl (C=O) groups excluding carboxylic acids is 1. The van der Waals surface area contributed by atoms with Crippen LogP contribution in [0.2, 0.25) is 0 Å². The number of hydrogen-bond donors (Lipinski definition) is 1. The molecule has 2 rings (SSSR count). The molecule has 0 fully saturated rings. The molecule has 4 heteroatoms. The molecule has 0 unspecified atom stereocenters. The van der Waals surface area contributed by atoms with Crippen LogP contribution >= 0.6 is 11.3 Å². The second-order valence-corrected chi connectivity index (χ2v) is 4.75. The molecule has 18 heavy (non-hydrogen) atoms. The maximum Gasteiger partial charge on any atom is 0.249 e. The zero-order valence-corrected chi connectivity index (χ0v) is 11.1. The Bertz CT molecular complexity index is 570. The lowest BCUT2D eigenvalue weighted by atomic mass is 10.1. The van der Waals surface area contributed by atoms with Crippen molar-refractivity contribution in [3.8, 4) is 11.3 Å². The van der Waals surface area contributed by atoms with E-state index in [1.54, 1.807) is 13.0 Å². The zero-order chi connectivity index (χ0) is 13.0. The van der Waals surface area contributed by atoms with Crippen molar-refractivity contribution in [1.82, 2.24) is 4.98 Å². The van der Waals surface area contributed by atoms with Gasteiger partial charge in [0.1, 0.15) is 0 Å². The molecule has 0 atom stereocenters. The first-order valence-corrected chi connectivity index (χ1v) is 6.53. The van der Waals surface area contributed by atoms with Crippen molar-refractivity contribution in [2.45, 2.75) is 13.8 Å². The number of aryl methyl sites for hydroxylation is 1. The van der Waals surface area contributed by atoms with E-state index in [-0.39, 0.29) is 5.91 Å². The van der Waals surface area contributed by atoms with Crippen molar-refractivity contribution in [2.24, 2.45) is 0 Å². The molecular weight excluding hydrogens is 244 g/mol. The summed E-state index contributed by atoms with van der Waals surface area (Å²) in [6.07, 6.45) is 3.18. The fourth-order valence-electron chi connectivity index (χ4n) is 1.49. The molecule has 0 saturated heterocycles. The van der Waals surface area contributed by atoms with Crippen LogP contribution in [-0.2, 0) is 4.79 Å². The third kappa shape index (κ3) is 3.05. The van der Waals surface area contributed by atoms with Crippen LogP contribution in [0.5, 0.6) is 0 Å². The number of rotatable bonds is 3. The molecule has 0 aliphatic heterocycles. The maximum absolute atomic E-state index is 11.4. The van der Waals surface area contributed by atoms with Crippen LogP contribution in [0.15, 0.2) is 41.8 Å². The predicted molar refractivity (Wildman–Crippen MR) is 75.7 cm³/mol. The number of nitrogens with one attached hydrogen (secondary N) is 1. The molecule has 3 nitrogen and oxygen atoms in total. The molecular formula is C14H14N2OS. The van der Waals surface area contributed by atoms with E-state index in [0.717, 1.165) is 11.3 Å². The first-order chi connectivity index (χ1) is 8.69. The number of nitrogens with zero attached hydrogens (tertiary/aromatic N) is 1. The molecule has 0 radical (unpaired) electrons. The molecule has 1 amide bonds. The molecule has 2 aromatic rings. The minimum absolute atomic E-state index is 0.151. The molecule has 1 heterocycles. The normalized spacial score (nSPS) is 10.8. The molecule has 0 saturated carbocycles. The Kier molecular flexibility index (Phi) is 3.89. The van der Waals surface area contributed by atoms with E-state index in [1.165, 1.54) is 23.0 Å². The SMILES string of the molecule is CC=CC(=O)Nc1nc(-c2ccc(C)cc2)cs1. The van der Waals surface area contributed by atoms with Gasteiger partial charge < -0.3 is 0 Å². The van der Waals surface area contributed by atoms with E-state index in [9.17, 15) is 4.79 Å². The van der Waals surface area contributed by atoms with Gasteiger partial charge in [-0.1, -0.05) is 35.9 Å².